The highest BCUT2D eigenvalue weighted by atomic mass is 127. The number of halogens is 1. The molecule has 8 nitrogen and oxygen atoms in total. The fourth-order valence-corrected chi connectivity index (χ4v) is 3.32. The van der Waals surface area contributed by atoms with E-state index >= 15 is 0 Å². The molecule has 29 heavy (non-hydrogen) atoms. The van der Waals surface area contributed by atoms with Gasteiger partial charge in [0.1, 0.15) is 12.4 Å². The zero-order valence-electron chi connectivity index (χ0n) is 17.2. The summed E-state index contributed by atoms with van der Waals surface area (Å²) in [6.07, 6.45) is 3.31. The lowest BCUT2D eigenvalue weighted by atomic mass is 10.1. The van der Waals surface area contributed by atoms with Crippen molar-refractivity contribution in [1.82, 2.24) is 10.2 Å². The van der Waals surface area contributed by atoms with Gasteiger partial charge in [-0.25, -0.2) is 0 Å². The van der Waals surface area contributed by atoms with E-state index in [0.717, 1.165) is 68.8 Å². The van der Waals surface area contributed by atoms with Crippen LogP contribution in [-0.2, 0) is 9.47 Å². The maximum Gasteiger partial charge on any atom is 0.231 e. The Kier molecular flexibility index (Phi) is 10.6. The number of nitrogens with one attached hydrogen (secondary N) is 1. The largest absolute Gasteiger partial charge is 0.492 e. The lowest BCUT2D eigenvalue weighted by Gasteiger charge is -2.34. The van der Waals surface area contributed by atoms with Crippen LogP contribution in [0.1, 0.15) is 19.3 Å². The summed E-state index contributed by atoms with van der Waals surface area (Å²) in [6, 6.07) is 5.61. The normalized spacial score (nSPS) is 16.5. The van der Waals surface area contributed by atoms with Crippen molar-refractivity contribution in [3.8, 4) is 17.2 Å². The summed E-state index contributed by atoms with van der Waals surface area (Å²) in [4.78, 5) is 6.67. The molecule has 0 aromatic heterocycles. The topological polar surface area (TPSA) is 73.8 Å². The average molecular weight is 521 g/mol. The van der Waals surface area contributed by atoms with Crippen molar-refractivity contribution in [3.63, 3.8) is 0 Å². The van der Waals surface area contributed by atoms with E-state index in [0.29, 0.717) is 19.3 Å². The summed E-state index contributed by atoms with van der Waals surface area (Å²) >= 11 is 0. The van der Waals surface area contributed by atoms with E-state index in [4.69, 9.17) is 23.7 Å². The van der Waals surface area contributed by atoms with Gasteiger partial charge in [-0.3, -0.25) is 4.99 Å². The van der Waals surface area contributed by atoms with Crippen LogP contribution in [0, 0.1) is 0 Å². The van der Waals surface area contributed by atoms with Gasteiger partial charge in [-0.05, 0) is 31.4 Å². The summed E-state index contributed by atoms with van der Waals surface area (Å²) in [7, 11) is 3.53. The van der Waals surface area contributed by atoms with Crippen LogP contribution in [0.15, 0.2) is 23.2 Å². The van der Waals surface area contributed by atoms with Gasteiger partial charge in [0.05, 0.1) is 12.6 Å². The quantitative estimate of drug-likeness (QED) is 0.232. The lowest BCUT2D eigenvalue weighted by molar-refractivity contribution is 0.00989. The van der Waals surface area contributed by atoms with Crippen molar-refractivity contribution in [2.24, 2.45) is 4.99 Å². The van der Waals surface area contributed by atoms with Gasteiger partial charge in [-0.15, -0.1) is 24.0 Å². The molecule has 0 amide bonds. The van der Waals surface area contributed by atoms with Crippen LogP contribution in [0.4, 0.5) is 0 Å². The smallest absolute Gasteiger partial charge is 0.231 e. The number of hydrogen-bond donors (Lipinski definition) is 1. The van der Waals surface area contributed by atoms with Gasteiger partial charge in [0.25, 0.3) is 0 Å². The van der Waals surface area contributed by atoms with Crippen molar-refractivity contribution in [2.45, 2.75) is 25.4 Å². The molecule has 0 aliphatic carbocycles. The monoisotopic (exact) mass is 521 g/mol. The SMILES string of the molecule is CN=C(NCCOc1ccc2c(c1)OCO2)N1CCC(OCCCOC)CC1.I. The van der Waals surface area contributed by atoms with Crippen LogP contribution in [0.5, 0.6) is 17.2 Å². The summed E-state index contributed by atoms with van der Waals surface area (Å²) < 4.78 is 27.4. The van der Waals surface area contributed by atoms with Crippen LogP contribution in [0.3, 0.4) is 0 Å². The molecule has 164 valence electrons. The van der Waals surface area contributed by atoms with E-state index < -0.39 is 0 Å². The number of piperidine rings is 1. The highest BCUT2D eigenvalue weighted by molar-refractivity contribution is 14.0. The van der Waals surface area contributed by atoms with E-state index in [1.54, 1.807) is 7.11 Å². The molecule has 0 radical (unpaired) electrons. The molecule has 3 rings (SSSR count). The molecule has 1 aromatic rings. The Morgan fingerprint density at radius 2 is 1.97 bits per heavy atom. The predicted molar refractivity (Wildman–Crippen MR) is 122 cm³/mol. The van der Waals surface area contributed by atoms with Crippen molar-refractivity contribution in [2.75, 3.05) is 60.4 Å². The number of ether oxygens (including phenoxy) is 5. The van der Waals surface area contributed by atoms with E-state index in [-0.39, 0.29) is 30.8 Å². The first-order chi connectivity index (χ1) is 13.8. The molecule has 2 aliphatic heterocycles. The predicted octanol–water partition coefficient (Wildman–Crippen LogP) is 2.51. The third-order valence-corrected chi connectivity index (χ3v) is 4.80. The Morgan fingerprint density at radius 3 is 2.72 bits per heavy atom. The second-order valence-electron chi connectivity index (χ2n) is 6.74. The molecule has 0 saturated carbocycles. The van der Waals surface area contributed by atoms with Gasteiger partial charge < -0.3 is 33.9 Å². The Bertz CT molecular complexity index is 639. The minimum atomic E-state index is 0. The molecule has 2 heterocycles. The molecule has 0 spiro atoms. The lowest BCUT2D eigenvalue weighted by Crippen LogP contribution is -2.47. The van der Waals surface area contributed by atoms with Crippen molar-refractivity contribution in [1.29, 1.82) is 0 Å². The Balaban J connectivity index is 0.00000300. The van der Waals surface area contributed by atoms with Crippen LogP contribution < -0.4 is 19.5 Å². The van der Waals surface area contributed by atoms with E-state index in [2.05, 4.69) is 15.2 Å². The van der Waals surface area contributed by atoms with Crippen LogP contribution >= 0.6 is 24.0 Å². The maximum atomic E-state index is 5.92. The molecular formula is C20H32IN3O5. The molecule has 0 bridgehead atoms. The first-order valence-electron chi connectivity index (χ1n) is 9.88. The van der Waals surface area contributed by atoms with Gasteiger partial charge in [0, 0.05) is 46.5 Å². The number of hydrogen-bond acceptors (Lipinski definition) is 6. The van der Waals surface area contributed by atoms with Gasteiger partial charge in [0.15, 0.2) is 17.5 Å². The molecule has 1 saturated heterocycles. The molecule has 0 unspecified atom stereocenters. The third kappa shape index (κ3) is 7.38. The Morgan fingerprint density at radius 1 is 1.17 bits per heavy atom. The van der Waals surface area contributed by atoms with Crippen LogP contribution in [-0.4, -0.2) is 77.4 Å². The van der Waals surface area contributed by atoms with Gasteiger partial charge in [-0.1, -0.05) is 0 Å². The maximum absolute atomic E-state index is 5.92. The van der Waals surface area contributed by atoms with E-state index in [1.165, 1.54) is 0 Å². The molecule has 1 fully saturated rings. The minimum absolute atomic E-state index is 0. The van der Waals surface area contributed by atoms with Gasteiger partial charge >= 0.3 is 0 Å². The summed E-state index contributed by atoms with van der Waals surface area (Å²) in [5.74, 6) is 3.17. The zero-order chi connectivity index (χ0) is 19.6. The average Bonchev–Trinajstić information content (AvgIpc) is 3.20. The highest BCUT2D eigenvalue weighted by Crippen LogP contribution is 2.34. The molecule has 2 aliphatic rings. The number of fused-ring (bicyclic) bond motifs is 1. The van der Waals surface area contributed by atoms with Gasteiger partial charge in [-0.2, -0.15) is 0 Å². The summed E-state index contributed by atoms with van der Waals surface area (Å²) in [6.45, 7) is 4.89. The molecular weight excluding hydrogens is 489 g/mol. The van der Waals surface area contributed by atoms with Crippen LogP contribution in [0.25, 0.3) is 0 Å². The minimum Gasteiger partial charge on any atom is -0.492 e. The second kappa shape index (κ2) is 13.0. The van der Waals surface area contributed by atoms with Crippen molar-refractivity contribution in [3.05, 3.63) is 18.2 Å². The fraction of sp³-hybridized carbons (Fsp3) is 0.650. The number of guanidine groups is 1. The number of methoxy groups -OCH3 is 1. The zero-order valence-corrected chi connectivity index (χ0v) is 19.6. The number of nitrogens with zero attached hydrogens (tertiary/aromatic N) is 2. The molecule has 9 heteroatoms. The standard InChI is InChI=1S/C20H31N3O5.HI/c1-21-20(23-9-6-16(7-10-23)25-12-3-11-24-2)22-8-13-26-17-4-5-18-19(14-17)28-15-27-18;/h4-5,14,16H,3,6-13,15H2,1-2H3,(H,21,22);1H. The summed E-state index contributed by atoms with van der Waals surface area (Å²) in [5.41, 5.74) is 0. The fourth-order valence-electron chi connectivity index (χ4n) is 3.32. The Labute approximate surface area is 189 Å². The number of likely N-dealkylation sites (tertiary alicyclic amines) is 1. The first-order valence-corrected chi connectivity index (χ1v) is 9.88. The van der Waals surface area contributed by atoms with E-state index in [9.17, 15) is 0 Å². The first kappa shape index (κ1) is 23.8. The molecule has 1 N–H and O–H groups in total. The number of benzene rings is 1. The van der Waals surface area contributed by atoms with Crippen molar-refractivity contribution < 1.29 is 23.7 Å². The molecule has 1 aromatic carbocycles. The molecule has 0 atom stereocenters. The van der Waals surface area contributed by atoms with Crippen molar-refractivity contribution >= 4 is 29.9 Å². The van der Waals surface area contributed by atoms with Gasteiger partial charge in [0.2, 0.25) is 6.79 Å². The highest BCUT2D eigenvalue weighted by Gasteiger charge is 2.21. The summed E-state index contributed by atoms with van der Waals surface area (Å²) in [5, 5.41) is 3.37. The Hall–Kier alpha value is -1.46. The van der Waals surface area contributed by atoms with E-state index in [1.807, 2.05) is 25.2 Å². The third-order valence-electron chi connectivity index (χ3n) is 4.80. The number of aliphatic imine (C=N–C) groups is 1. The second-order valence-corrected chi connectivity index (χ2v) is 6.74. The van der Waals surface area contributed by atoms with Crippen LogP contribution in [0.2, 0.25) is 0 Å². The number of rotatable bonds is 9.